The normalized spacial score (nSPS) is 13.1. The maximum absolute atomic E-state index is 12.7. The van der Waals surface area contributed by atoms with E-state index < -0.39 is 17.2 Å². The molecule has 2 aromatic carbocycles. The third-order valence-corrected chi connectivity index (χ3v) is 3.79. The summed E-state index contributed by atoms with van der Waals surface area (Å²) in [4.78, 5) is 37.2. The summed E-state index contributed by atoms with van der Waals surface area (Å²) in [7, 11) is 0. The molecule has 0 amide bonds. The Morgan fingerprint density at radius 3 is 2.27 bits per heavy atom. The van der Waals surface area contributed by atoms with E-state index in [0.717, 1.165) is 0 Å². The molecule has 5 nitrogen and oxygen atoms in total. The minimum absolute atomic E-state index is 0.0679. The lowest BCUT2D eigenvalue weighted by Crippen LogP contribution is -2.23. The Morgan fingerprint density at radius 1 is 0.773 bits per heavy atom. The molecule has 1 aromatic heterocycles. The molecule has 0 fully saturated rings. The van der Waals surface area contributed by atoms with Crippen LogP contribution in [0.4, 0.5) is 0 Å². The van der Waals surface area contributed by atoms with Crippen molar-refractivity contribution >= 4 is 22.3 Å². The van der Waals surface area contributed by atoms with Crippen LogP contribution in [0.3, 0.4) is 0 Å². The Kier molecular flexibility index (Phi) is 2.36. The molecule has 0 radical (unpaired) electrons. The fraction of sp³-hybridized carbons (Fsp3) is 0. The fourth-order valence-corrected chi connectivity index (χ4v) is 2.80. The van der Waals surface area contributed by atoms with Crippen molar-refractivity contribution in [2.24, 2.45) is 0 Å². The molecule has 1 heterocycles. The van der Waals surface area contributed by atoms with Crippen LogP contribution in [0.2, 0.25) is 0 Å². The Labute approximate surface area is 123 Å². The molecule has 0 saturated carbocycles. The van der Waals surface area contributed by atoms with Crippen LogP contribution in [0.15, 0.2) is 51.7 Å². The van der Waals surface area contributed by atoms with Gasteiger partial charge in [-0.3, -0.25) is 9.59 Å². The van der Waals surface area contributed by atoms with Crippen molar-refractivity contribution < 1.29 is 19.1 Å². The predicted octanol–water partition coefficient (Wildman–Crippen LogP) is 2.27. The first-order valence-electron chi connectivity index (χ1n) is 6.57. The molecule has 0 unspecified atom stereocenters. The average molecular weight is 292 g/mol. The molecule has 0 aliphatic heterocycles. The molecule has 0 saturated heterocycles. The standard InChI is InChI=1S/C17H8O5/c18-11-7-3-6-10-12(11)15(20)16-13(14(10)19)8-4-1-2-5-9(8)17(21)22-16/h1-7,18H. The van der Waals surface area contributed by atoms with Crippen LogP contribution in [0, 0.1) is 0 Å². The van der Waals surface area contributed by atoms with Gasteiger partial charge >= 0.3 is 5.63 Å². The Hall–Kier alpha value is -3.21. The lowest BCUT2D eigenvalue weighted by Gasteiger charge is -2.18. The number of aromatic hydroxyl groups is 1. The first kappa shape index (κ1) is 12.5. The molecular formula is C17H8O5. The van der Waals surface area contributed by atoms with Gasteiger partial charge in [0.05, 0.1) is 16.5 Å². The highest BCUT2D eigenvalue weighted by molar-refractivity contribution is 6.31. The molecule has 1 aliphatic carbocycles. The highest BCUT2D eigenvalue weighted by atomic mass is 16.4. The van der Waals surface area contributed by atoms with Gasteiger partial charge in [-0.05, 0) is 12.1 Å². The zero-order valence-electron chi connectivity index (χ0n) is 11.1. The number of fused-ring (bicyclic) bond motifs is 4. The zero-order valence-corrected chi connectivity index (χ0v) is 11.1. The van der Waals surface area contributed by atoms with Crippen molar-refractivity contribution in [3.63, 3.8) is 0 Å². The van der Waals surface area contributed by atoms with Gasteiger partial charge in [0.2, 0.25) is 5.78 Å². The number of carbonyl (C=O) groups excluding carboxylic acids is 2. The van der Waals surface area contributed by atoms with E-state index in [1.165, 1.54) is 24.3 Å². The van der Waals surface area contributed by atoms with Crippen molar-refractivity contribution in [3.8, 4) is 5.75 Å². The number of phenolic OH excluding ortho intramolecular Hbond substituents is 1. The fourth-order valence-electron chi connectivity index (χ4n) is 2.80. The monoisotopic (exact) mass is 292 g/mol. The van der Waals surface area contributed by atoms with Gasteiger partial charge in [-0.15, -0.1) is 0 Å². The summed E-state index contributed by atoms with van der Waals surface area (Å²) in [6.45, 7) is 0. The van der Waals surface area contributed by atoms with Crippen LogP contribution in [0.1, 0.15) is 32.0 Å². The van der Waals surface area contributed by atoms with Crippen LogP contribution in [-0.4, -0.2) is 16.7 Å². The van der Waals surface area contributed by atoms with E-state index in [0.29, 0.717) is 5.39 Å². The second kappa shape index (κ2) is 4.14. The number of hydrogen-bond acceptors (Lipinski definition) is 5. The summed E-state index contributed by atoms with van der Waals surface area (Å²) in [5.41, 5.74) is -0.636. The van der Waals surface area contributed by atoms with Gasteiger partial charge in [0.15, 0.2) is 11.5 Å². The van der Waals surface area contributed by atoms with Crippen LogP contribution in [0.25, 0.3) is 10.8 Å². The van der Waals surface area contributed by atoms with Crippen molar-refractivity contribution in [2.75, 3.05) is 0 Å². The number of phenols is 1. The second-order valence-electron chi connectivity index (χ2n) is 5.00. The highest BCUT2D eigenvalue weighted by Gasteiger charge is 2.36. The highest BCUT2D eigenvalue weighted by Crippen LogP contribution is 2.34. The minimum atomic E-state index is -0.686. The lowest BCUT2D eigenvalue weighted by molar-refractivity contribution is 0.0952. The van der Waals surface area contributed by atoms with E-state index in [4.69, 9.17) is 4.42 Å². The van der Waals surface area contributed by atoms with Gasteiger partial charge < -0.3 is 9.52 Å². The number of ketones is 2. The Bertz CT molecular complexity index is 1040. The van der Waals surface area contributed by atoms with Gasteiger partial charge in [-0.1, -0.05) is 30.3 Å². The van der Waals surface area contributed by atoms with Crippen molar-refractivity contribution in [3.05, 3.63) is 75.3 Å². The van der Waals surface area contributed by atoms with Gasteiger partial charge in [0.25, 0.3) is 0 Å². The third-order valence-electron chi connectivity index (χ3n) is 3.79. The molecule has 0 spiro atoms. The topological polar surface area (TPSA) is 84.6 Å². The van der Waals surface area contributed by atoms with E-state index in [1.54, 1.807) is 18.2 Å². The van der Waals surface area contributed by atoms with Crippen molar-refractivity contribution in [2.45, 2.75) is 0 Å². The van der Waals surface area contributed by atoms with E-state index in [1.807, 2.05) is 0 Å². The summed E-state index contributed by atoms with van der Waals surface area (Å²) in [5.74, 6) is -1.73. The summed E-state index contributed by atoms with van der Waals surface area (Å²) in [6, 6.07) is 10.7. The van der Waals surface area contributed by atoms with Gasteiger partial charge in [0.1, 0.15) is 5.75 Å². The molecular weight excluding hydrogens is 284 g/mol. The molecule has 1 N–H and O–H groups in total. The molecule has 22 heavy (non-hydrogen) atoms. The molecule has 1 aliphatic rings. The number of carbonyl (C=O) groups is 2. The molecule has 106 valence electrons. The minimum Gasteiger partial charge on any atom is -0.507 e. The molecule has 0 bridgehead atoms. The van der Waals surface area contributed by atoms with E-state index in [-0.39, 0.29) is 33.6 Å². The molecule has 5 heteroatoms. The average Bonchev–Trinajstić information content (AvgIpc) is 2.52. The maximum Gasteiger partial charge on any atom is 0.344 e. The molecule has 4 rings (SSSR count). The van der Waals surface area contributed by atoms with Crippen molar-refractivity contribution in [1.29, 1.82) is 0 Å². The summed E-state index contributed by atoms with van der Waals surface area (Å²) in [5, 5.41) is 10.5. The van der Waals surface area contributed by atoms with E-state index in [9.17, 15) is 19.5 Å². The van der Waals surface area contributed by atoms with Gasteiger partial charge in [-0.2, -0.15) is 0 Å². The van der Waals surface area contributed by atoms with Crippen LogP contribution >= 0.6 is 0 Å². The maximum atomic E-state index is 12.7. The van der Waals surface area contributed by atoms with Crippen LogP contribution in [-0.2, 0) is 0 Å². The van der Waals surface area contributed by atoms with E-state index >= 15 is 0 Å². The Balaban J connectivity index is 2.19. The van der Waals surface area contributed by atoms with Crippen LogP contribution in [0.5, 0.6) is 5.75 Å². The smallest absolute Gasteiger partial charge is 0.344 e. The van der Waals surface area contributed by atoms with Gasteiger partial charge in [-0.25, -0.2) is 4.79 Å². The lowest BCUT2D eigenvalue weighted by atomic mass is 9.85. The Morgan fingerprint density at radius 2 is 1.50 bits per heavy atom. The summed E-state index contributed by atoms with van der Waals surface area (Å²) >= 11 is 0. The summed E-state index contributed by atoms with van der Waals surface area (Å²) < 4.78 is 5.07. The number of hydrogen-bond donors (Lipinski definition) is 1. The number of rotatable bonds is 0. The number of benzene rings is 2. The van der Waals surface area contributed by atoms with E-state index in [2.05, 4.69) is 0 Å². The first-order valence-corrected chi connectivity index (χ1v) is 6.57. The predicted molar refractivity (Wildman–Crippen MR) is 77.5 cm³/mol. The summed E-state index contributed by atoms with van der Waals surface area (Å²) in [6.07, 6.45) is 0. The SMILES string of the molecule is O=C1c2oc(=O)c3ccccc3c2C(=O)c2cccc(O)c21. The molecule has 0 atom stereocenters. The van der Waals surface area contributed by atoms with Gasteiger partial charge in [0, 0.05) is 10.9 Å². The quantitative estimate of drug-likeness (QED) is 0.537. The zero-order chi connectivity index (χ0) is 15.4. The largest absolute Gasteiger partial charge is 0.507 e. The molecule has 3 aromatic rings. The van der Waals surface area contributed by atoms with Crippen LogP contribution < -0.4 is 5.63 Å². The third kappa shape index (κ3) is 1.45. The van der Waals surface area contributed by atoms with Crippen molar-refractivity contribution in [1.82, 2.24) is 0 Å². The first-order chi connectivity index (χ1) is 10.6. The second-order valence-corrected chi connectivity index (χ2v) is 5.00.